The van der Waals surface area contributed by atoms with E-state index in [9.17, 15) is 14.9 Å². The van der Waals surface area contributed by atoms with Crippen molar-refractivity contribution in [2.24, 2.45) is 0 Å². The van der Waals surface area contributed by atoms with Crippen molar-refractivity contribution in [1.82, 2.24) is 15.0 Å². The van der Waals surface area contributed by atoms with E-state index in [0.29, 0.717) is 30.2 Å². The van der Waals surface area contributed by atoms with Crippen molar-refractivity contribution >= 4 is 11.6 Å². The molecule has 8 nitrogen and oxygen atoms in total. The SMILES string of the molecule is Cc1ccc(-c2noc([C@H]3CCCN3C(=O)c3ccc(C)c([N+](=O)[O-])c3)n2)cc1. The second-order valence-corrected chi connectivity index (χ2v) is 7.24. The van der Waals surface area contributed by atoms with Crippen LogP contribution in [0, 0.1) is 24.0 Å². The summed E-state index contributed by atoms with van der Waals surface area (Å²) in [6.45, 7) is 4.19. The first-order valence-corrected chi connectivity index (χ1v) is 9.40. The van der Waals surface area contributed by atoms with Crippen LogP contribution in [0.1, 0.15) is 46.3 Å². The summed E-state index contributed by atoms with van der Waals surface area (Å²) in [4.78, 5) is 29.9. The summed E-state index contributed by atoms with van der Waals surface area (Å²) < 4.78 is 5.47. The normalized spacial score (nSPS) is 16.2. The van der Waals surface area contributed by atoms with E-state index in [1.54, 1.807) is 24.0 Å². The van der Waals surface area contributed by atoms with Gasteiger partial charge in [0.1, 0.15) is 6.04 Å². The van der Waals surface area contributed by atoms with Gasteiger partial charge >= 0.3 is 0 Å². The van der Waals surface area contributed by atoms with E-state index >= 15 is 0 Å². The molecular weight excluding hydrogens is 372 g/mol. The Balaban J connectivity index is 1.60. The van der Waals surface area contributed by atoms with E-state index in [1.807, 2.05) is 31.2 Å². The maximum Gasteiger partial charge on any atom is 0.273 e. The summed E-state index contributed by atoms with van der Waals surface area (Å²) in [5, 5.41) is 15.3. The smallest absolute Gasteiger partial charge is 0.273 e. The minimum Gasteiger partial charge on any atom is -0.337 e. The minimum atomic E-state index is -0.473. The topological polar surface area (TPSA) is 102 Å². The van der Waals surface area contributed by atoms with E-state index in [2.05, 4.69) is 10.1 Å². The molecule has 29 heavy (non-hydrogen) atoms. The van der Waals surface area contributed by atoms with Gasteiger partial charge in [0.15, 0.2) is 0 Å². The number of nitro benzene ring substituents is 1. The molecule has 0 bridgehead atoms. The molecule has 1 saturated heterocycles. The Hall–Kier alpha value is -3.55. The summed E-state index contributed by atoms with van der Waals surface area (Å²) in [7, 11) is 0. The molecule has 4 rings (SSSR count). The van der Waals surface area contributed by atoms with Crippen LogP contribution >= 0.6 is 0 Å². The molecule has 1 aliphatic heterocycles. The van der Waals surface area contributed by atoms with Gasteiger partial charge < -0.3 is 9.42 Å². The van der Waals surface area contributed by atoms with Crippen LogP contribution in [0.25, 0.3) is 11.4 Å². The second-order valence-electron chi connectivity index (χ2n) is 7.24. The molecule has 1 aliphatic rings. The molecule has 1 atom stereocenters. The van der Waals surface area contributed by atoms with Crippen LogP contribution in [0.3, 0.4) is 0 Å². The van der Waals surface area contributed by atoms with Crippen LogP contribution in [0.2, 0.25) is 0 Å². The standard InChI is InChI=1S/C21H20N4O4/c1-13-5-8-15(9-6-13)19-22-20(29-23-19)17-4-3-11-24(17)21(26)16-10-7-14(2)18(12-16)25(27)28/h5-10,12,17H,3-4,11H2,1-2H3/t17-/m1/s1. The Bertz CT molecular complexity index is 1070. The number of hydrogen-bond donors (Lipinski definition) is 0. The quantitative estimate of drug-likeness (QED) is 0.486. The number of amides is 1. The molecular formula is C21H20N4O4. The van der Waals surface area contributed by atoms with E-state index in [-0.39, 0.29) is 23.2 Å². The summed E-state index contributed by atoms with van der Waals surface area (Å²) in [5.41, 5.74) is 2.72. The first-order chi connectivity index (χ1) is 13.9. The van der Waals surface area contributed by atoms with Crippen molar-refractivity contribution < 1.29 is 14.2 Å². The highest BCUT2D eigenvalue weighted by atomic mass is 16.6. The molecule has 0 radical (unpaired) electrons. The van der Waals surface area contributed by atoms with Gasteiger partial charge in [0.05, 0.1) is 4.92 Å². The monoisotopic (exact) mass is 392 g/mol. The van der Waals surface area contributed by atoms with Crippen LogP contribution < -0.4 is 0 Å². The highest BCUT2D eigenvalue weighted by molar-refractivity contribution is 5.95. The third-order valence-electron chi connectivity index (χ3n) is 5.20. The zero-order chi connectivity index (χ0) is 20.5. The average molecular weight is 392 g/mol. The van der Waals surface area contributed by atoms with Crippen molar-refractivity contribution in [2.45, 2.75) is 32.7 Å². The van der Waals surface area contributed by atoms with E-state index in [0.717, 1.165) is 17.5 Å². The number of benzene rings is 2. The molecule has 2 aromatic carbocycles. The summed E-state index contributed by atoms with van der Waals surface area (Å²) >= 11 is 0. The Morgan fingerprint density at radius 2 is 1.97 bits per heavy atom. The van der Waals surface area contributed by atoms with Crippen LogP contribution in [-0.2, 0) is 0 Å². The lowest BCUT2D eigenvalue weighted by atomic mass is 10.1. The maximum absolute atomic E-state index is 13.0. The molecule has 1 aromatic heterocycles. The number of likely N-dealkylation sites (tertiary alicyclic amines) is 1. The number of rotatable bonds is 4. The highest BCUT2D eigenvalue weighted by Crippen LogP contribution is 2.34. The van der Waals surface area contributed by atoms with Crippen molar-refractivity contribution in [1.29, 1.82) is 0 Å². The molecule has 0 N–H and O–H groups in total. The van der Waals surface area contributed by atoms with Crippen molar-refractivity contribution in [3.8, 4) is 11.4 Å². The van der Waals surface area contributed by atoms with Gasteiger partial charge in [-0.25, -0.2) is 0 Å². The van der Waals surface area contributed by atoms with Crippen LogP contribution in [0.4, 0.5) is 5.69 Å². The van der Waals surface area contributed by atoms with Crippen LogP contribution in [0.15, 0.2) is 47.0 Å². The van der Waals surface area contributed by atoms with Crippen molar-refractivity contribution in [3.63, 3.8) is 0 Å². The largest absolute Gasteiger partial charge is 0.337 e. The molecule has 3 aromatic rings. The zero-order valence-electron chi connectivity index (χ0n) is 16.2. The van der Waals surface area contributed by atoms with E-state index in [4.69, 9.17) is 4.52 Å². The Labute approximate surface area is 167 Å². The second kappa shape index (κ2) is 7.46. The maximum atomic E-state index is 13.0. The van der Waals surface area contributed by atoms with Crippen molar-refractivity contribution in [2.75, 3.05) is 6.54 Å². The van der Waals surface area contributed by atoms with Gasteiger partial charge in [0.25, 0.3) is 11.6 Å². The molecule has 2 heterocycles. The predicted octanol–water partition coefficient (Wildman–Crippen LogP) is 4.24. The molecule has 1 amide bonds. The van der Waals surface area contributed by atoms with Gasteiger partial charge in [-0.15, -0.1) is 0 Å². The van der Waals surface area contributed by atoms with Crippen LogP contribution in [-0.4, -0.2) is 32.4 Å². The van der Waals surface area contributed by atoms with Gasteiger partial charge in [-0.1, -0.05) is 41.1 Å². The van der Waals surface area contributed by atoms with E-state index in [1.165, 1.54) is 6.07 Å². The van der Waals surface area contributed by atoms with Crippen LogP contribution in [0.5, 0.6) is 0 Å². The number of carbonyl (C=O) groups excluding carboxylic acids is 1. The molecule has 0 aliphatic carbocycles. The van der Waals surface area contributed by atoms with Crippen molar-refractivity contribution in [3.05, 3.63) is 75.2 Å². The fraction of sp³-hybridized carbons (Fsp3) is 0.286. The van der Waals surface area contributed by atoms with E-state index < -0.39 is 4.92 Å². The number of hydrogen-bond acceptors (Lipinski definition) is 6. The Morgan fingerprint density at radius 3 is 2.69 bits per heavy atom. The molecule has 0 unspecified atom stereocenters. The van der Waals surface area contributed by atoms with Gasteiger partial charge in [-0.2, -0.15) is 4.98 Å². The molecule has 0 spiro atoms. The van der Waals surface area contributed by atoms with Gasteiger partial charge in [-0.3, -0.25) is 14.9 Å². The molecule has 8 heteroatoms. The van der Waals surface area contributed by atoms with Gasteiger partial charge in [-0.05, 0) is 32.8 Å². The highest BCUT2D eigenvalue weighted by Gasteiger charge is 2.35. The fourth-order valence-electron chi connectivity index (χ4n) is 3.56. The number of nitrogens with zero attached hydrogens (tertiary/aromatic N) is 4. The third kappa shape index (κ3) is 3.61. The number of aromatic nitrogens is 2. The Morgan fingerprint density at radius 1 is 1.21 bits per heavy atom. The fourth-order valence-corrected chi connectivity index (χ4v) is 3.56. The summed E-state index contributed by atoms with van der Waals surface area (Å²) in [6, 6.07) is 12.0. The first-order valence-electron chi connectivity index (χ1n) is 9.40. The summed E-state index contributed by atoms with van der Waals surface area (Å²) in [6.07, 6.45) is 1.50. The lowest BCUT2D eigenvalue weighted by Crippen LogP contribution is -2.30. The zero-order valence-corrected chi connectivity index (χ0v) is 16.2. The number of nitro groups is 1. The number of carbonyl (C=O) groups is 1. The third-order valence-corrected chi connectivity index (χ3v) is 5.20. The van der Waals surface area contributed by atoms with Gasteiger partial charge in [0.2, 0.25) is 11.7 Å². The lowest BCUT2D eigenvalue weighted by molar-refractivity contribution is -0.385. The summed E-state index contributed by atoms with van der Waals surface area (Å²) in [5.74, 6) is 0.587. The predicted molar refractivity (Wildman–Crippen MR) is 105 cm³/mol. The molecule has 148 valence electrons. The number of aryl methyl sites for hydroxylation is 2. The first kappa shape index (κ1) is 18.8. The average Bonchev–Trinajstić information content (AvgIpc) is 3.37. The Kier molecular flexibility index (Phi) is 4.84. The minimum absolute atomic E-state index is 0.0638. The lowest BCUT2D eigenvalue weighted by Gasteiger charge is -2.22. The molecule has 0 saturated carbocycles. The van der Waals surface area contributed by atoms with Gasteiger partial charge in [0, 0.05) is 29.3 Å². The molecule has 1 fully saturated rings.